The first-order valence-corrected chi connectivity index (χ1v) is 23.6. The summed E-state index contributed by atoms with van der Waals surface area (Å²) in [5, 5.41) is 7.02. The number of amides is 2. The monoisotopic (exact) mass is 985 g/mol. The number of methoxy groups -OCH3 is 2. The number of pyridine rings is 2. The largest absolute Gasteiger partial charge is 0.481 e. The van der Waals surface area contributed by atoms with E-state index >= 15 is 0 Å². The summed E-state index contributed by atoms with van der Waals surface area (Å²) in [4.78, 5) is 35.7. The minimum absolute atomic E-state index is 0.0301. The van der Waals surface area contributed by atoms with Crippen molar-refractivity contribution in [2.24, 2.45) is 10.3 Å². The zero-order valence-electron chi connectivity index (χ0n) is 36.0. The Morgan fingerprint density at radius 1 is 0.909 bits per heavy atom. The first kappa shape index (κ1) is 49.2. The maximum Gasteiger partial charge on any atom is 0.402 e. The fourth-order valence-electron chi connectivity index (χ4n) is 8.49. The Morgan fingerprint density at radius 3 is 2.27 bits per heavy atom. The van der Waals surface area contributed by atoms with Crippen LogP contribution < -0.4 is 24.8 Å². The van der Waals surface area contributed by atoms with Crippen LogP contribution in [0.4, 0.5) is 26.3 Å². The number of carbonyl (C=O) groups is 2. The van der Waals surface area contributed by atoms with Gasteiger partial charge in [0.2, 0.25) is 23.5 Å². The molecule has 2 amide bonds. The van der Waals surface area contributed by atoms with Gasteiger partial charge in [0.05, 0.1) is 30.9 Å². The van der Waals surface area contributed by atoms with E-state index in [4.69, 9.17) is 42.4 Å². The van der Waals surface area contributed by atoms with Crippen molar-refractivity contribution in [2.75, 3.05) is 53.2 Å². The van der Waals surface area contributed by atoms with Gasteiger partial charge in [0.25, 0.3) is 5.91 Å². The third-order valence-electron chi connectivity index (χ3n) is 11.6. The van der Waals surface area contributed by atoms with Crippen LogP contribution >= 0.6 is 23.2 Å². The number of nitrogens with zero attached hydrogens (tertiary/aromatic N) is 5. The molecule has 22 heteroatoms. The van der Waals surface area contributed by atoms with Gasteiger partial charge in [0, 0.05) is 67.2 Å². The molecule has 356 valence electrons. The maximum atomic E-state index is 13.1. The number of aromatic nitrogens is 2. The molecule has 2 saturated heterocycles. The summed E-state index contributed by atoms with van der Waals surface area (Å²) in [7, 11) is -1.39. The molecule has 2 aromatic heterocycles. The summed E-state index contributed by atoms with van der Waals surface area (Å²) in [6.45, 7) is -2.68. The summed E-state index contributed by atoms with van der Waals surface area (Å²) in [5.41, 5.74) is 6.46. The molecule has 2 N–H and O–H groups in total. The molecule has 1 aliphatic carbocycles. The van der Waals surface area contributed by atoms with Crippen molar-refractivity contribution in [2.45, 2.75) is 69.7 Å². The van der Waals surface area contributed by atoms with Crippen LogP contribution in [-0.2, 0) is 39.0 Å². The molecule has 1 unspecified atom stereocenters. The van der Waals surface area contributed by atoms with Crippen LogP contribution in [0.2, 0.25) is 10.0 Å². The predicted octanol–water partition coefficient (Wildman–Crippen LogP) is 8.36. The summed E-state index contributed by atoms with van der Waals surface area (Å²) in [6, 6.07) is 17.3. The first-order valence-electron chi connectivity index (χ1n) is 20.9. The Labute approximate surface area is 387 Å². The number of carbonyl (C=O) groups excluding carboxylic acids is 2. The number of rotatable bonds is 16. The number of nitrogens with one attached hydrogen (secondary N) is 2. The highest BCUT2D eigenvalue weighted by Gasteiger charge is 2.41. The molecule has 0 spiro atoms. The zero-order valence-corrected chi connectivity index (χ0v) is 38.4. The summed E-state index contributed by atoms with van der Waals surface area (Å²) < 4.78 is 112. The lowest BCUT2D eigenvalue weighted by Crippen LogP contribution is -2.44. The van der Waals surface area contributed by atoms with E-state index in [0.717, 1.165) is 39.8 Å². The van der Waals surface area contributed by atoms with Gasteiger partial charge in [0.15, 0.2) is 0 Å². The van der Waals surface area contributed by atoms with Crippen LogP contribution in [0.25, 0.3) is 22.4 Å². The molecule has 2 aromatic carbocycles. The molecular weight excluding hydrogens is 939 g/mol. The molecule has 0 bridgehead atoms. The molecule has 4 heterocycles. The Bertz CT molecular complexity index is 2580. The van der Waals surface area contributed by atoms with E-state index in [9.17, 15) is 40.1 Å². The summed E-state index contributed by atoms with van der Waals surface area (Å²) in [6.07, 6.45) is -7.29. The third kappa shape index (κ3) is 11.9. The van der Waals surface area contributed by atoms with Crippen LogP contribution in [0.15, 0.2) is 59.0 Å². The van der Waals surface area contributed by atoms with Crippen molar-refractivity contribution in [3.8, 4) is 40.0 Å². The SMILES string of the molecule is COc1nc(-c2cccc(-c3cccc4c3CC[C@@H]4Oc3nc(OC)c(CN4CC[C@@H](C(=O)N=S(C)(=O)N(CC(F)(F)F)CC(F)(F)F)C4)cc3Cl)c2Cl)ccc1CNC[C@@H]1CCC(=O)N1. The topological polar surface area (TPSA) is 148 Å². The number of ether oxygens (including phenoxy) is 3. The quantitative estimate of drug-likeness (QED) is 0.105. The Hall–Kier alpha value is -4.73. The number of hydrogen-bond donors (Lipinski definition) is 2. The molecule has 0 radical (unpaired) electrons. The highest BCUT2D eigenvalue weighted by molar-refractivity contribution is 7.90. The summed E-state index contributed by atoms with van der Waals surface area (Å²) in [5.74, 6) is -1.15. The van der Waals surface area contributed by atoms with Crippen LogP contribution in [0, 0.1) is 5.92 Å². The van der Waals surface area contributed by atoms with Crippen LogP contribution in [0.1, 0.15) is 54.0 Å². The number of fused-ring (bicyclic) bond motifs is 1. The molecule has 13 nitrogen and oxygen atoms in total. The van der Waals surface area contributed by atoms with Gasteiger partial charge in [-0.05, 0) is 61.1 Å². The molecule has 7 rings (SSSR count). The minimum atomic E-state index is -5.11. The van der Waals surface area contributed by atoms with Crippen molar-refractivity contribution in [3.05, 3.63) is 86.9 Å². The lowest BCUT2D eigenvalue weighted by molar-refractivity contribution is -0.164. The Morgan fingerprint density at radius 2 is 1.59 bits per heavy atom. The predicted molar refractivity (Wildman–Crippen MR) is 236 cm³/mol. The van der Waals surface area contributed by atoms with Crippen molar-refractivity contribution in [1.29, 1.82) is 0 Å². The molecule has 4 atom stereocenters. The van der Waals surface area contributed by atoms with E-state index in [1.165, 1.54) is 7.11 Å². The molecule has 3 aliphatic rings. The number of hydrogen-bond acceptors (Lipinski definition) is 10. The number of halogens is 8. The average molecular weight is 987 g/mol. The molecular formula is C44H47Cl2F6N7O6S. The zero-order chi connectivity index (χ0) is 47.6. The van der Waals surface area contributed by atoms with Crippen LogP contribution in [0.3, 0.4) is 0 Å². The lowest BCUT2D eigenvalue weighted by atomic mass is 9.94. The van der Waals surface area contributed by atoms with Crippen LogP contribution in [-0.4, -0.2) is 107 Å². The standard InChI is InChI=1S/C44H47Cl2F6N7O6S/c1-63-40-25(19-53-20-28-11-15-37(60)54-28)10-13-35(55-40)33-9-5-8-32(38(33)46)29-6-4-7-31-30(29)12-14-36(31)65-42-34(45)18-27(41(56-42)64-2)22-58-17-16-26(21-58)39(61)57-66(3,62)59(23-43(47,48)49)24-44(50,51)52/h4-10,13,18,26,28,36,53H,11-12,14-17,19-24H2,1-3H3,(H,54,60)/t26-,28+,36+,66?/m1/s1. The van der Waals surface area contributed by atoms with E-state index in [0.29, 0.717) is 67.3 Å². The number of benzene rings is 2. The second-order valence-corrected chi connectivity index (χ2v) is 19.4. The molecule has 0 saturated carbocycles. The van der Waals surface area contributed by atoms with E-state index in [2.05, 4.69) is 20.0 Å². The highest BCUT2D eigenvalue weighted by Crippen LogP contribution is 2.45. The number of likely N-dealkylation sites (tertiary alicyclic amines) is 1. The van der Waals surface area contributed by atoms with E-state index in [1.807, 2.05) is 48.5 Å². The van der Waals surface area contributed by atoms with Crippen molar-refractivity contribution in [1.82, 2.24) is 29.8 Å². The average Bonchev–Trinajstić information content (AvgIpc) is 4.01. The van der Waals surface area contributed by atoms with Gasteiger partial charge in [-0.1, -0.05) is 65.7 Å². The van der Waals surface area contributed by atoms with Crippen molar-refractivity contribution >= 4 is 44.9 Å². The van der Waals surface area contributed by atoms with Gasteiger partial charge < -0.3 is 24.8 Å². The van der Waals surface area contributed by atoms with Gasteiger partial charge >= 0.3 is 12.4 Å². The lowest BCUT2D eigenvalue weighted by Gasteiger charge is -2.25. The smallest absolute Gasteiger partial charge is 0.402 e. The fourth-order valence-corrected chi connectivity index (χ4v) is 10.4. The fraction of sp³-hybridized carbons (Fsp3) is 0.455. The molecule has 4 aromatic rings. The second kappa shape index (κ2) is 20.2. The molecule has 2 aliphatic heterocycles. The van der Waals surface area contributed by atoms with Gasteiger partial charge in [0.1, 0.15) is 34.1 Å². The van der Waals surface area contributed by atoms with Gasteiger partial charge in [-0.15, -0.1) is 4.36 Å². The normalized spacial score (nSPS) is 19.7. The van der Waals surface area contributed by atoms with Gasteiger partial charge in [-0.25, -0.2) is 9.19 Å². The minimum Gasteiger partial charge on any atom is -0.481 e. The Balaban J connectivity index is 1.02. The van der Waals surface area contributed by atoms with E-state index < -0.39 is 53.3 Å². The van der Waals surface area contributed by atoms with Gasteiger partial charge in [-0.3, -0.25) is 14.5 Å². The number of alkyl halides is 6. The molecule has 2 fully saturated rings. The first-order chi connectivity index (χ1) is 31.2. The van der Waals surface area contributed by atoms with Crippen LogP contribution in [0.5, 0.6) is 17.6 Å². The molecule has 66 heavy (non-hydrogen) atoms. The van der Waals surface area contributed by atoms with E-state index in [-0.39, 0.29) is 52.5 Å². The maximum absolute atomic E-state index is 13.1. The van der Waals surface area contributed by atoms with Gasteiger partial charge in [-0.2, -0.15) is 35.6 Å². The van der Waals surface area contributed by atoms with E-state index in [1.54, 1.807) is 18.1 Å². The third-order valence-corrected chi connectivity index (χ3v) is 14.0. The second-order valence-electron chi connectivity index (χ2n) is 16.4. The van der Waals surface area contributed by atoms with Crippen molar-refractivity contribution in [3.63, 3.8) is 0 Å². The van der Waals surface area contributed by atoms with Crippen molar-refractivity contribution < 1.29 is 54.4 Å². The summed E-state index contributed by atoms with van der Waals surface area (Å²) >= 11 is 13.9. The Kier molecular flexibility index (Phi) is 15.1. The highest BCUT2D eigenvalue weighted by atomic mass is 35.5.